The van der Waals surface area contributed by atoms with Crippen LogP contribution in [-0.4, -0.2) is 25.8 Å². The molecule has 0 aromatic carbocycles. The van der Waals surface area contributed by atoms with Crippen molar-refractivity contribution in [2.45, 2.75) is 33.0 Å². The van der Waals surface area contributed by atoms with E-state index >= 15 is 0 Å². The fourth-order valence-electron chi connectivity index (χ4n) is 1.36. The third kappa shape index (κ3) is 2.29. The molecular weight excluding hydrogens is 156 g/mol. The average molecular weight is 172 g/mol. The lowest BCUT2D eigenvalue weighted by atomic mass is 9.87. The molecule has 0 bridgehead atoms. The lowest BCUT2D eigenvalue weighted by molar-refractivity contribution is -0.125. The fraction of sp³-hybridized carbons (Fsp3) is 0.889. The van der Waals surface area contributed by atoms with Crippen LogP contribution in [0.5, 0.6) is 0 Å². The van der Waals surface area contributed by atoms with Gasteiger partial charge in [-0.05, 0) is 6.42 Å². The van der Waals surface area contributed by atoms with Gasteiger partial charge < -0.3 is 14.3 Å². The molecule has 12 heavy (non-hydrogen) atoms. The van der Waals surface area contributed by atoms with E-state index in [1.165, 1.54) is 0 Å². The highest BCUT2D eigenvalue weighted by atomic mass is 16.7. The van der Waals surface area contributed by atoms with Crippen LogP contribution < -0.4 is 0 Å². The van der Waals surface area contributed by atoms with E-state index in [0.29, 0.717) is 19.6 Å². The van der Waals surface area contributed by atoms with E-state index < -0.39 is 0 Å². The van der Waals surface area contributed by atoms with Gasteiger partial charge in [0, 0.05) is 11.8 Å². The zero-order valence-corrected chi connectivity index (χ0v) is 7.71. The van der Waals surface area contributed by atoms with Gasteiger partial charge in [0.25, 0.3) is 0 Å². The van der Waals surface area contributed by atoms with E-state index in [1.54, 1.807) is 0 Å². The Morgan fingerprint density at radius 3 is 2.50 bits per heavy atom. The van der Waals surface area contributed by atoms with Crippen LogP contribution in [0.25, 0.3) is 0 Å². The number of aldehydes is 1. The van der Waals surface area contributed by atoms with E-state index in [1.807, 2.05) is 0 Å². The van der Waals surface area contributed by atoms with Crippen LogP contribution in [0.15, 0.2) is 0 Å². The summed E-state index contributed by atoms with van der Waals surface area (Å²) in [4.78, 5) is 10.2. The smallest absolute Gasteiger partial charge is 0.162 e. The van der Waals surface area contributed by atoms with Crippen LogP contribution in [0.3, 0.4) is 0 Å². The summed E-state index contributed by atoms with van der Waals surface area (Å²) < 4.78 is 10.8. The van der Waals surface area contributed by atoms with Gasteiger partial charge in [-0.2, -0.15) is 0 Å². The lowest BCUT2D eigenvalue weighted by Crippen LogP contribution is -2.30. The number of ether oxygens (including phenoxy) is 2. The molecule has 70 valence electrons. The zero-order chi connectivity index (χ0) is 9.03. The maximum absolute atomic E-state index is 10.2. The molecule has 0 radical (unpaired) electrons. The van der Waals surface area contributed by atoms with E-state index in [0.717, 1.165) is 12.7 Å². The molecule has 0 unspecified atom stereocenters. The van der Waals surface area contributed by atoms with Crippen LogP contribution in [-0.2, 0) is 14.3 Å². The number of hydrogen-bond acceptors (Lipinski definition) is 3. The summed E-state index contributed by atoms with van der Waals surface area (Å²) in [6, 6.07) is 0. The predicted octanol–water partition coefficient (Wildman–Crippen LogP) is 1.36. The van der Waals surface area contributed by atoms with Crippen molar-refractivity contribution >= 4 is 6.29 Å². The van der Waals surface area contributed by atoms with Gasteiger partial charge >= 0.3 is 0 Å². The summed E-state index contributed by atoms with van der Waals surface area (Å²) in [5, 5.41) is 0. The first kappa shape index (κ1) is 9.68. The van der Waals surface area contributed by atoms with Crippen molar-refractivity contribution in [3.63, 3.8) is 0 Å². The quantitative estimate of drug-likeness (QED) is 0.601. The second kappa shape index (κ2) is 4.01. The largest absolute Gasteiger partial charge is 0.350 e. The van der Waals surface area contributed by atoms with Crippen LogP contribution in [0.4, 0.5) is 0 Å². The molecule has 3 heteroatoms. The Bertz CT molecular complexity index is 148. The van der Waals surface area contributed by atoms with Gasteiger partial charge in [0.1, 0.15) is 6.29 Å². The Morgan fingerprint density at radius 2 is 2.00 bits per heavy atom. The second-order valence-electron chi connectivity index (χ2n) is 3.77. The first-order chi connectivity index (χ1) is 5.67. The number of carbonyl (C=O) groups excluding carboxylic acids is 1. The van der Waals surface area contributed by atoms with E-state index in [4.69, 9.17) is 9.47 Å². The minimum atomic E-state index is -0.127. The minimum Gasteiger partial charge on any atom is -0.350 e. The summed E-state index contributed by atoms with van der Waals surface area (Å²) >= 11 is 0. The predicted molar refractivity (Wildman–Crippen MR) is 44.8 cm³/mol. The van der Waals surface area contributed by atoms with Gasteiger partial charge in [-0.1, -0.05) is 13.8 Å². The van der Waals surface area contributed by atoms with Gasteiger partial charge in [0.15, 0.2) is 6.29 Å². The average Bonchev–Trinajstić information content (AvgIpc) is 2.53. The maximum Gasteiger partial charge on any atom is 0.162 e. The Labute approximate surface area is 73.0 Å². The van der Waals surface area contributed by atoms with Crippen molar-refractivity contribution in [2.75, 3.05) is 13.2 Å². The van der Waals surface area contributed by atoms with Crippen molar-refractivity contribution in [1.82, 2.24) is 0 Å². The third-order valence-electron chi connectivity index (χ3n) is 2.17. The van der Waals surface area contributed by atoms with Crippen LogP contribution >= 0.6 is 0 Å². The maximum atomic E-state index is 10.2. The normalized spacial score (nSPS) is 19.8. The second-order valence-corrected chi connectivity index (χ2v) is 3.77. The molecule has 1 rings (SSSR count). The summed E-state index contributed by atoms with van der Waals surface area (Å²) in [6.07, 6.45) is 2.21. The summed E-state index contributed by atoms with van der Waals surface area (Å²) in [5.74, 6) is 0. The summed E-state index contributed by atoms with van der Waals surface area (Å²) in [6.45, 7) is 5.48. The lowest BCUT2D eigenvalue weighted by Gasteiger charge is -2.28. The molecule has 1 aliphatic heterocycles. The van der Waals surface area contributed by atoms with Gasteiger partial charge in [-0.15, -0.1) is 0 Å². The molecule has 0 aromatic heterocycles. The number of rotatable bonds is 4. The highest BCUT2D eigenvalue weighted by molar-refractivity contribution is 5.49. The Hall–Kier alpha value is -0.410. The van der Waals surface area contributed by atoms with E-state index in [9.17, 15) is 4.79 Å². The first-order valence-corrected chi connectivity index (χ1v) is 4.33. The summed E-state index contributed by atoms with van der Waals surface area (Å²) in [5.41, 5.74) is -0.0442. The molecule has 0 spiro atoms. The zero-order valence-electron chi connectivity index (χ0n) is 7.71. The van der Waals surface area contributed by atoms with Crippen molar-refractivity contribution in [3.05, 3.63) is 0 Å². The highest BCUT2D eigenvalue weighted by Gasteiger charge is 2.33. The number of carbonyl (C=O) groups is 1. The van der Waals surface area contributed by atoms with Crippen molar-refractivity contribution in [2.24, 2.45) is 5.41 Å². The molecule has 0 aliphatic carbocycles. The van der Waals surface area contributed by atoms with Crippen molar-refractivity contribution < 1.29 is 14.3 Å². The monoisotopic (exact) mass is 172 g/mol. The highest BCUT2D eigenvalue weighted by Crippen LogP contribution is 2.31. The van der Waals surface area contributed by atoms with E-state index in [-0.39, 0.29) is 11.7 Å². The number of hydrogen-bond donors (Lipinski definition) is 0. The van der Waals surface area contributed by atoms with Crippen LogP contribution in [0.2, 0.25) is 0 Å². The van der Waals surface area contributed by atoms with Gasteiger partial charge in [0.05, 0.1) is 13.2 Å². The van der Waals surface area contributed by atoms with Crippen molar-refractivity contribution in [1.29, 1.82) is 0 Å². The van der Waals surface area contributed by atoms with Gasteiger partial charge in [-0.25, -0.2) is 0 Å². The molecule has 0 atom stereocenters. The summed E-state index contributed by atoms with van der Waals surface area (Å²) in [7, 11) is 0. The molecule has 0 amide bonds. The van der Waals surface area contributed by atoms with Crippen molar-refractivity contribution in [3.8, 4) is 0 Å². The molecule has 1 fully saturated rings. The topological polar surface area (TPSA) is 35.5 Å². The Balaban J connectivity index is 2.39. The molecule has 1 aliphatic rings. The SMILES string of the molecule is CC(C)(CCC=O)C1OCCO1. The molecule has 1 heterocycles. The Kier molecular flexibility index (Phi) is 3.23. The molecule has 3 nitrogen and oxygen atoms in total. The molecule has 0 aromatic rings. The van der Waals surface area contributed by atoms with Gasteiger partial charge in [-0.3, -0.25) is 0 Å². The Morgan fingerprint density at radius 1 is 1.42 bits per heavy atom. The molecule has 1 saturated heterocycles. The third-order valence-corrected chi connectivity index (χ3v) is 2.17. The van der Waals surface area contributed by atoms with E-state index in [2.05, 4.69) is 13.8 Å². The first-order valence-electron chi connectivity index (χ1n) is 4.33. The van der Waals surface area contributed by atoms with Crippen LogP contribution in [0.1, 0.15) is 26.7 Å². The standard InChI is InChI=1S/C9H16O3/c1-9(2,4-3-5-10)8-11-6-7-12-8/h5,8H,3-4,6-7H2,1-2H3. The molecule has 0 saturated carbocycles. The van der Waals surface area contributed by atoms with Gasteiger partial charge in [0.2, 0.25) is 0 Å². The minimum absolute atomic E-state index is 0.0442. The van der Waals surface area contributed by atoms with Crippen LogP contribution in [0, 0.1) is 5.41 Å². The molecular formula is C9H16O3. The molecule has 0 N–H and O–H groups in total. The fourth-order valence-corrected chi connectivity index (χ4v) is 1.36.